The highest BCUT2D eigenvalue weighted by Gasteiger charge is 2.07. The van der Waals surface area contributed by atoms with E-state index < -0.39 is 0 Å². The molecule has 1 aromatic heterocycles. The largest absolute Gasteiger partial charge is 0.439 e. The molecule has 20 heavy (non-hydrogen) atoms. The van der Waals surface area contributed by atoms with Crippen molar-refractivity contribution >= 4 is 11.6 Å². The van der Waals surface area contributed by atoms with Crippen LogP contribution in [0.1, 0.15) is 25.0 Å². The van der Waals surface area contributed by atoms with Crippen molar-refractivity contribution in [1.82, 2.24) is 10.3 Å². The zero-order valence-electron chi connectivity index (χ0n) is 12.0. The maximum Gasteiger partial charge on any atom is 0.223 e. The van der Waals surface area contributed by atoms with Gasteiger partial charge in [-0.25, -0.2) is 4.98 Å². The van der Waals surface area contributed by atoms with E-state index in [9.17, 15) is 0 Å². The molecule has 2 aromatic rings. The van der Waals surface area contributed by atoms with Crippen LogP contribution in [0.4, 0.5) is 0 Å². The monoisotopic (exact) mass is 290 g/mol. The number of hydrogen-bond donors (Lipinski definition) is 1. The van der Waals surface area contributed by atoms with Crippen LogP contribution in [0.2, 0.25) is 5.02 Å². The lowest BCUT2D eigenvalue weighted by Gasteiger charge is -2.12. The molecule has 3 nitrogen and oxygen atoms in total. The van der Waals surface area contributed by atoms with Crippen LogP contribution in [0.25, 0.3) is 0 Å². The summed E-state index contributed by atoms with van der Waals surface area (Å²) in [4.78, 5) is 4.31. The molecule has 2 rings (SSSR count). The molecule has 0 spiro atoms. The van der Waals surface area contributed by atoms with Gasteiger partial charge in [-0.1, -0.05) is 31.5 Å². The lowest BCUT2D eigenvalue weighted by molar-refractivity contribution is 0.450. The van der Waals surface area contributed by atoms with E-state index in [1.165, 1.54) is 0 Å². The molecule has 0 saturated carbocycles. The Hall–Kier alpha value is -1.58. The second kappa shape index (κ2) is 6.73. The number of hydrogen-bond acceptors (Lipinski definition) is 3. The molecule has 1 N–H and O–H groups in total. The van der Waals surface area contributed by atoms with Crippen molar-refractivity contribution in [3.05, 3.63) is 52.7 Å². The van der Waals surface area contributed by atoms with Crippen LogP contribution in [0.3, 0.4) is 0 Å². The second-order valence-corrected chi connectivity index (χ2v) is 5.42. The minimum absolute atomic E-state index is 0.417. The first kappa shape index (κ1) is 14.8. The highest BCUT2D eigenvalue weighted by atomic mass is 35.5. The maximum atomic E-state index is 6.02. The van der Waals surface area contributed by atoms with Gasteiger partial charge in [0.05, 0.1) is 0 Å². The number of nitrogens with one attached hydrogen (secondary N) is 1. The zero-order chi connectivity index (χ0) is 14.5. The topological polar surface area (TPSA) is 34.1 Å². The Kier molecular flexibility index (Phi) is 4.99. The summed E-state index contributed by atoms with van der Waals surface area (Å²) in [5.41, 5.74) is 2.02. The van der Waals surface area contributed by atoms with Gasteiger partial charge in [0.15, 0.2) is 0 Å². The van der Waals surface area contributed by atoms with Crippen LogP contribution in [-0.2, 0) is 6.54 Å². The number of nitrogens with zero attached hydrogens (tertiary/aromatic N) is 1. The molecule has 0 unspecified atom stereocenters. The van der Waals surface area contributed by atoms with E-state index in [1.54, 1.807) is 6.20 Å². The number of halogens is 1. The summed E-state index contributed by atoms with van der Waals surface area (Å²) in [6.07, 6.45) is 1.73. The Balaban J connectivity index is 2.17. The van der Waals surface area contributed by atoms with E-state index in [1.807, 2.05) is 37.3 Å². The van der Waals surface area contributed by atoms with Crippen molar-refractivity contribution in [2.45, 2.75) is 33.4 Å². The van der Waals surface area contributed by atoms with Gasteiger partial charge in [0.2, 0.25) is 5.88 Å². The highest BCUT2D eigenvalue weighted by Crippen LogP contribution is 2.26. The molecule has 0 radical (unpaired) electrons. The van der Waals surface area contributed by atoms with Crippen molar-refractivity contribution < 1.29 is 4.74 Å². The van der Waals surface area contributed by atoms with Gasteiger partial charge in [0.25, 0.3) is 0 Å². The van der Waals surface area contributed by atoms with Crippen molar-refractivity contribution in [3.63, 3.8) is 0 Å². The molecule has 0 aliphatic carbocycles. The lowest BCUT2D eigenvalue weighted by atomic mass is 10.2. The molecule has 0 aliphatic rings. The Bertz CT molecular complexity index is 584. The van der Waals surface area contributed by atoms with Crippen LogP contribution in [0.15, 0.2) is 36.5 Å². The van der Waals surface area contributed by atoms with Crippen molar-refractivity contribution in [1.29, 1.82) is 0 Å². The van der Waals surface area contributed by atoms with E-state index in [-0.39, 0.29) is 0 Å². The number of pyridine rings is 1. The van der Waals surface area contributed by atoms with Crippen LogP contribution < -0.4 is 10.1 Å². The summed E-state index contributed by atoms with van der Waals surface area (Å²) < 4.78 is 5.87. The first-order valence-electron chi connectivity index (χ1n) is 6.67. The fourth-order valence-electron chi connectivity index (χ4n) is 1.76. The van der Waals surface area contributed by atoms with Crippen LogP contribution in [0, 0.1) is 6.92 Å². The van der Waals surface area contributed by atoms with Gasteiger partial charge >= 0.3 is 0 Å². The predicted octanol–water partition coefficient (Wildman–Crippen LogP) is 4.33. The van der Waals surface area contributed by atoms with E-state index >= 15 is 0 Å². The molecule has 0 fully saturated rings. The van der Waals surface area contributed by atoms with E-state index in [2.05, 4.69) is 24.1 Å². The Labute approximate surface area is 124 Å². The summed E-state index contributed by atoms with van der Waals surface area (Å²) in [7, 11) is 0. The fourth-order valence-corrected chi connectivity index (χ4v) is 1.87. The summed E-state index contributed by atoms with van der Waals surface area (Å²) in [5, 5.41) is 4.10. The standard InChI is InChI=1S/C16H19ClN2O/c1-11(2)19-10-13-5-4-8-18-16(13)20-14-6-7-15(17)12(3)9-14/h4-9,11,19H,10H2,1-3H3. The van der Waals surface area contributed by atoms with Crippen LogP contribution in [-0.4, -0.2) is 11.0 Å². The van der Waals surface area contributed by atoms with E-state index in [0.717, 1.165) is 28.4 Å². The van der Waals surface area contributed by atoms with Gasteiger partial charge in [0.1, 0.15) is 5.75 Å². The maximum absolute atomic E-state index is 6.02. The van der Waals surface area contributed by atoms with Crippen molar-refractivity contribution in [3.8, 4) is 11.6 Å². The Morgan fingerprint density at radius 2 is 2.10 bits per heavy atom. The van der Waals surface area contributed by atoms with Crippen molar-refractivity contribution in [2.75, 3.05) is 0 Å². The summed E-state index contributed by atoms with van der Waals surface area (Å²) in [6, 6.07) is 9.94. The van der Waals surface area contributed by atoms with E-state index in [0.29, 0.717) is 11.9 Å². The average molecular weight is 291 g/mol. The zero-order valence-corrected chi connectivity index (χ0v) is 12.7. The van der Waals surface area contributed by atoms with Crippen LogP contribution in [0.5, 0.6) is 11.6 Å². The summed E-state index contributed by atoms with van der Waals surface area (Å²) in [5.74, 6) is 1.37. The van der Waals surface area contributed by atoms with Gasteiger partial charge in [-0.05, 0) is 36.8 Å². The minimum atomic E-state index is 0.417. The third-order valence-corrected chi connectivity index (χ3v) is 3.32. The number of benzene rings is 1. The first-order valence-corrected chi connectivity index (χ1v) is 7.05. The molecule has 1 heterocycles. The van der Waals surface area contributed by atoms with Gasteiger partial charge in [-0.3, -0.25) is 0 Å². The molecule has 0 aliphatic heterocycles. The Morgan fingerprint density at radius 3 is 2.80 bits per heavy atom. The normalized spacial score (nSPS) is 10.8. The molecular weight excluding hydrogens is 272 g/mol. The molecule has 0 bridgehead atoms. The molecule has 1 aromatic carbocycles. The smallest absolute Gasteiger partial charge is 0.223 e. The fraction of sp³-hybridized carbons (Fsp3) is 0.312. The number of ether oxygens (including phenoxy) is 1. The van der Waals surface area contributed by atoms with Crippen LogP contribution >= 0.6 is 11.6 Å². The lowest BCUT2D eigenvalue weighted by Crippen LogP contribution is -2.22. The van der Waals surface area contributed by atoms with Crippen molar-refractivity contribution in [2.24, 2.45) is 0 Å². The number of aryl methyl sites for hydroxylation is 1. The Morgan fingerprint density at radius 1 is 1.30 bits per heavy atom. The molecule has 4 heteroatoms. The van der Waals surface area contributed by atoms with Gasteiger partial charge in [-0.15, -0.1) is 0 Å². The molecule has 106 valence electrons. The highest BCUT2D eigenvalue weighted by molar-refractivity contribution is 6.31. The average Bonchev–Trinajstić information content (AvgIpc) is 2.42. The molecular formula is C16H19ClN2O. The second-order valence-electron chi connectivity index (χ2n) is 5.02. The first-order chi connectivity index (χ1) is 9.56. The van der Waals surface area contributed by atoms with Gasteiger partial charge in [0, 0.05) is 29.4 Å². The predicted molar refractivity (Wildman–Crippen MR) is 82.5 cm³/mol. The summed E-state index contributed by atoms with van der Waals surface area (Å²) >= 11 is 6.02. The quantitative estimate of drug-likeness (QED) is 0.890. The molecule has 0 saturated heterocycles. The third kappa shape index (κ3) is 3.95. The molecule has 0 atom stereocenters. The van der Waals surface area contributed by atoms with Gasteiger partial charge < -0.3 is 10.1 Å². The van der Waals surface area contributed by atoms with Gasteiger partial charge in [-0.2, -0.15) is 0 Å². The number of rotatable bonds is 5. The SMILES string of the molecule is Cc1cc(Oc2ncccc2CNC(C)C)ccc1Cl. The number of aromatic nitrogens is 1. The minimum Gasteiger partial charge on any atom is -0.439 e. The molecule has 0 amide bonds. The third-order valence-electron chi connectivity index (χ3n) is 2.89. The van der Waals surface area contributed by atoms with E-state index in [4.69, 9.17) is 16.3 Å². The summed E-state index contributed by atoms with van der Waals surface area (Å²) in [6.45, 7) is 6.90.